The molecule has 4 aromatic rings. The van der Waals surface area contributed by atoms with Gasteiger partial charge in [-0.3, -0.25) is 19.5 Å². The van der Waals surface area contributed by atoms with Gasteiger partial charge in [-0.25, -0.2) is 19.8 Å². The molecule has 0 bridgehead atoms. The van der Waals surface area contributed by atoms with Crippen molar-refractivity contribution in [3.05, 3.63) is 72.0 Å². The molecule has 2 heterocycles. The summed E-state index contributed by atoms with van der Waals surface area (Å²) in [5, 5.41) is 22.8. The lowest BCUT2D eigenvalue weighted by molar-refractivity contribution is -0.129. The van der Waals surface area contributed by atoms with Crippen molar-refractivity contribution in [2.24, 2.45) is 0 Å². The molecule has 0 saturated heterocycles. The second kappa shape index (κ2) is 11.4. The zero-order valence-corrected chi connectivity index (χ0v) is 19.9. The number of ether oxygens (including phenoxy) is 1. The number of aryl methyl sites for hydroxylation is 1. The van der Waals surface area contributed by atoms with Crippen LogP contribution < -0.4 is 20.9 Å². The molecule has 2 aromatic carbocycles. The summed E-state index contributed by atoms with van der Waals surface area (Å²) in [6, 6.07) is 7.41. The lowest BCUT2D eigenvalue weighted by atomic mass is 10.1. The molecule has 2 amide bonds. The second-order valence-corrected chi connectivity index (χ2v) is 7.99. The van der Waals surface area contributed by atoms with Gasteiger partial charge in [0.05, 0.1) is 29.0 Å². The van der Waals surface area contributed by atoms with Crippen LogP contribution in [0, 0.1) is 5.82 Å². The Kier molecular flexibility index (Phi) is 7.86. The van der Waals surface area contributed by atoms with E-state index in [0.29, 0.717) is 39.5 Å². The van der Waals surface area contributed by atoms with Crippen molar-refractivity contribution in [2.45, 2.75) is 19.6 Å². The van der Waals surface area contributed by atoms with Crippen LogP contribution in [0.5, 0.6) is 5.75 Å². The molecule has 14 heteroatoms. The summed E-state index contributed by atoms with van der Waals surface area (Å²) in [4.78, 5) is 31.8. The minimum absolute atomic E-state index is 0.00106. The van der Waals surface area contributed by atoms with Crippen LogP contribution >= 0.6 is 11.6 Å². The minimum Gasteiger partial charge on any atom is -0.485 e. The average molecular weight is 527 g/mol. The van der Waals surface area contributed by atoms with E-state index in [-0.39, 0.29) is 24.6 Å². The van der Waals surface area contributed by atoms with Gasteiger partial charge in [0.2, 0.25) is 11.8 Å². The van der Waals surface area contributed by atoms with E-state index >= 15 is 0 Å². The third kappa shape index (κ3) is 6.34. The molecule has 2 aromatic heterocycles. The number of halogens is 2. The molecule has 0 aliphatic rings. The highest BCUT2D eigenvalue weighted by molar-refractivity contribution is 6.31. The highest BCUT2D eigenvalue weighted by Gasteiger charge is 2.14. The van der Waals surface area contributed by atoms with Gasteiger partial charge in [0, 0.05) is 23.6 Å². The Bertz CT molecular complexity index is 1480. The number of aromatic nitrogens is 5. The molecule has 4 N–H and O–H groups in total. The molecule has 4 rings (SSSR count). The van der Waals surface area contributed by atoms with E-state index < -0.39 is 17.6 Å². The van der Waals surface area contributed by atoms with E-state index in [0.717, 1.165) is 6.08 Å². The normalized spacial score (nSPS) is 10.7. The van der Waals surface area contributed by atoms with Crippen LogP contribution in [-0.4, -0.2) is 42.0 Å². The zero-order valence-electron chi connectivity index (χ0n) is 19.1. The Labute approximate surface area is 214 Å². The van der Waals surface area contributed by atoms with Crippen molar-refractivity contribution in [2.75, 3.05) is 10.6 Å². The molecule has 0 aliphatic heterocycles. The van der Waals surface area contributed by atoms with Gasteiger partial charge in [0.25, 0.3) is 0 Å². The smallest absolute Gasteiger partial charge is 0.247 e. The summed E-state index contributed by atoms with van der Waals surface area (Å²) < 4.78 is 20.9. The molecule has 0 unspecified atom stereocenters. The number of anilines is 3. The fourth-order valence-corrected chi connectivity index (χ4v) is 3.41. The van der Waals surface area contributed by atoms with Crippen molar-refractivity contribution in [3.8, 4) is 5.75 Å². The first-order chi connectivity index (χ1) is 17.9. The van der Waals surface area contributed by atoms with Crippen molar-refractivity contribution >= 4 is 51.5 Å². The molecule has 0 atom stereocenters. The maximum atomic E-state index is 13.5. The topological polar surface area (TPSA) is 156 Å². The number of carbonyl (C=O) groups excluding carboxylic acids is 2. The van der Waals surface area contributed by atoms with Crippen molar-refractivity contribution in [3.63, 3.8) is 0 Å². The number of hydrogen-bond donors (Lipinski definition) is 4. The fraction of sp³-hybridized carbons (Fsp3) is 0.130. The number of fused-ring (bicyclic) bond motifs is 1. The van der Waals surface area contributed by atoms with Crippen LogP contribution in [0.2, 0.25) is 5.02 Å². The van der Waals surface area contributed by atoms with E-state index in [2.05, 4.69) is 37.5 Å². The molecular weight excluding hydrogens is 507 g/mol. The first kappa shape index (κ1) is 25.5. The highest BCUT2D eigenvalue weighted by atomic mass is 35.5. The van der Waals surface area contributed by atoms with E-state index in [1.807, 2.05) is 0 Å². The van der Waals surface area contributed by atoms with Crippen LogP contribution in [0.4, 0.5) is 21.6 Å². The third-order valence-corrected chi connectivity index (χ3v) is 5.31. The first-order valence-corrected chi connectivity index (χ1v) is 11.1. The Morgan fingerprint density at radius 3 is 2.84 bits per heavy atom. The molecule has 0 saturated carbocycles. The summed E-state index contributed by atoms with van der Waals surface area (Å²) in [7, 11) is 0. The van der Waals surface area contributed by atoms with Crippen LogP contribution in [0.15, 0.2) is 55.5 Å². The number of hydroxylamine groups is 1. The first-order valence-electron chi connectivity index (χ1n) is 10.7. The van der Waals surface area contributed by atoms with Gasteiger partial charge in [-0.2, -0.15) is 0 Å². The maximum Gasteiger partial charge on any atom is 0.247 e. The molecule has 37 heavy (non-hydrogen) atoms. The molecule has 0 fully saturated rings. The molecule has 12 nitrogen and oxygen atoms in total. The summed E-state index contributed by atoms with van der Waals surface area (Å²) in [5.41, 5.74) is 3.33. The molecule has 0 aliphatic carbocycles. The van der Waals surface area contributed by atoms with Gasteiger partial charge >= 0.3 is 0 Å². The predicted octanol–water partition coefficient (Wildman–Crippen LogP) is 3.36. The average Bonchev–Trinajstić information content (AvgIpc) is 3.36. The summed E-state index contributed by atoms with van der Waals surface area (Å²) in [6.07, 6.45) is 4.06. The van der Waals surface area contributed by atoms with Crippen molar-refractivity contribution in [1.29, 1.82) is 0 Å². The van der Waals surface area contributed by atoms with Crippen LogP contribution in [0.1, 0.15) is 12.1 Å². The molecular formula is C23H20ClFN8O4. The minimum atomic E-state index is -0.551. The number of hydrogen-bond acceptors (Lipinski definition) is 9. The third-order valence-electron chi connectivity index (χ3n) is 5.02. The Morgan fingerprint density at radius 2 is 2.08 bits per heavy atom. The highest BCUT2D eigenvalue weighted by Crippen LogP contribution is 2.34. The molecule has 190 valence electrons. The number of amides is 2. The lowest BCUT2D eigenvalue weighted by Crippen LogP contribution is -2.20. The summed E-state index contributed by atoms with van der Waals surface area (Å²) >= 11 is 5.88. The monoisotopic (exact) mass is 526 g/mol. The Hall–Kier alpha value is -4.62. The maximum absolute atomic E-state index is 13.5. The number of carbonyl (C=O) groups is 2. The summed E-state index contributed by atoms with van der Waals surface area (Å²) in [5.74, 6) is -0.874. The second-order valence-electron chi connectivity index (χ2n) is 7.58. The SMILES string of the molecule is C=CC(=O)Nc1cc2c(Nc3ccc(F)c(Cl)c3)ncnc2cc1OCc1cn(CCC(=O)NO)nn1. The van der Waals surface area contributed by atoms with Crippen molar-refractivity contribution < 1.29 is 23.9 Å². The standard InChI is InChI=1S/C23H20ClFN8O4/c1-2-21(34)29-19-8-15-18(26-12-27-23(15)28-13-3-4-17(25)16(24)7-13)9-20(19)37-11-14-10-33(32-30-14)6-5-22(35)31-36/h2-4,7-10,12,36H,1,5-6,11H2,(H,29,34)(H,31,35)(H,26,27,28). The number of nitrogens with zero attached hydrogens (tertiary/aromatic N) is 5. The van der Waals surface area contributed by atoms with Crippen LogP contribution in [0.3, 0.4) is 0 Å². The Balaban J connectivity index is 1.60. The Morgan fingerprint density at radius 1 is 1.24 bits per heavy atom. The van der Waals surface area contributed by atoms with Crippen LogP contribution in [0.25, 0.3) is 10.9 Å². The van der Waals surface area contributed by atoms with Gasteiger partial charge in [-0.05, 0) is 30.3 Å². The van der Waals surface area contributed by atoms with E-state index in [1.54, 1.807) is 23.8 Å². The fourth-order valence-electron chi connectivity index (χ4n) is 3.23. The van der Waals surface area contributed by atoms with E-state index in [4.69, 9.17) is 21.5 Å². The number of benzene rings is 2. The van der Waals surface area contributed by atoms with Gasteiger partial charge in [-0.1, -0.05) is 23.4 Å². The van der Waals surface area contributed by atoms with Gasteiger partial charge in [0.15, 0.2) is 0 Å². The van der Waals surface area contributed by atoms with Crippen LogP contribution in [-0.2, 0) is 22.7 Å². The number of nitrogens with one attached hydrogen (secondary N) is 3. The number of rotatable bonds is 10. The van der Waals surface area contributed by atoms with E-state index in [9.17, 15) is 14.0 Å². The largest absolute Gasteiger partial charge is 0.485 e. The summed E-state index contributed by atoms with van der Waals surface area (Å²) in [6.45, 7) is 3.68. The predicted molar refractivity (Wildman–Crippen MR) is 132 cm³/mol. The lowest BCUT2D eigenvalue weighted by Gasteiger charge is -2.14. The molecule has 0 radical (unpaired) electrons. The zero-order chi connectivity index (χ0) is 26.4. The van der Waals surface area contributed by atoms with Gasteiger partial charge in [0.1, 0.15) is 36.0 Å². The van der Waals surface area contributed by atoms with Crippen molar-refractivity contribution in [1.82, 2.24) is 30.4 Å². The van der Waals surface area contributed by atoms with E-state index in [1.165, 1.54) is 29.2 Å². The quantitative estimate of drug-likeness (QED) is 0.138. The van der Waals surface area contributed by atoms with Gasteiger partial charge < -0.3 is 15.4 Å². The van der Waals surface area contributed by atoms with Gasteiger partial charge in [-0.15, -0.1) is 5.10 Å². The molecule has 0 spiro atoms.